The molecule has 0 atom stereocenters. The van der Waals surface area contributed by atoms with Gasteiger partial charge >= 0.3 is 23.9 Å². The van der Waals surface area contributed by atoms with Gasteiger partial charge in [0.1, 0.15) is 26.4 Å². The van der Waals surface area contributed by atoms with Gasteiger partial charge < -0.3 is 18.9 Å². The molecule has 0 unspecified atom stereocenters. The lowest BCUT2D eigenvalue weighted by Crippen LogP contribution is -2.27. The van der Waals surface area contributed by atoms with E-state index in [2.05, 4.69) is 26.3 Å². The Morgan fingerprint density at radius 2 is 0.947 bits per heavy atom. The lowest BCUT2D eigenvalue weighted by Gasteiger charge is -2.19. The Hall–Kier alpha value is -5.05. The van der Waals surface area contributed by atoms with Crippen LogP contribution in [0.5, 0.6) is 0 Å². The summed E-state index contributed by atoms with van der Waals surface area (Å²) >= 11 is 0. The summed E-state index contributed by atoms with van der Waals surface area (Å²) in [4.78, 5) is 66.3. The molecule has 196 valence electrons. The molecule has 0 bridgehead atoms. The van der Waals surface area contributed by atoms with E-state index in [-0.39, 0.29) is 32.0 Å². The smallest absolute Gasteiger partial charge is 0.340 e. The monoisotopic (exact) mass is 518 g/mol. The van der Waals surface area contributed by atoms with E-state index in [1.54, 1.807) is 18.2 Å². The molecule has 0 amide bonds. The Bertz CT molecular complexity index is 1270. The molecule has 0 spiro atoms. The molecule has 9 nitrogen and oxygen atoms in total. The van der Waals surface area contributed by atoms with E-state index < -0.39 is 57.5 Å². The molecule has 2 aromatic carbocycles. The Morgan fingerprint density at radius 3 is 1.39 bits per heavy atom. The number of esters is 4. The van der Waals surface area contributed by atoms with Crippen molar-refractivity contribution in [1.29, 1.82) is 0 Å². The van der Waals surface area contributed by atoms with Crippen LogP contribution >= 0.6 is 0 Å². The van der Waals surface area contributed by atoms with Crippen molar-refractivity contribution in [3.05, 3.63) is 120 Å². The first-order valence-corrected chi connectivity index (χ1v) is 11.2. The minimum absolute atomic E-state index is 0.128. The largest absolute Gasteiger partial charge is 0.458 e. The zero-order chi connectivity index (χ0) is 28.1. The van der Waals surface area contributed by atoms with Crippen molar-refractivity contribution in [2.45, 2.75) is 0 Å². The lowest BCUT2D eigenvalue weighted by molar-refractivity contribution is 0.0467. The zero-order valence-electron chi connectivity index (χ0n) is 20.6. The number of carbonyl (C=O) groups is 5. The van der Waals surface area contributed by atoms with Crippen LogP contribution in [-0.2, 0) is 18.9 Å². The number of ether oxygens (including phenoxy) is 4. The van der Waals surface area contributed by atoms with Gasteiger partial charge in [-0.15, -0.1) is 0 Å². The third-order valence-electron chi connectivity index (χ3n) is 4.77. The third kappa shape index (κ3) is 7.01. The molecule has 38 heavy (non-hydrogen) atoms. The highest BCUT2D eigenvalue weighted by Gasteiger charge is 2.37. The van der Waals surface area contributed by atoms with Crippen molar-refractivity contribution >= 4 is 29.7 Å². The number of carbonyl (C=O) groups excluding carboxylic acids is 5. The molecule has 0 aliphatic rings. The van der Waals surface area contributed by atoms with Crippen molar-refractivity contribution < 1.29 is 42.9 Å². The van der Waals surface area contributed by atoms with Gasteiger partial charge in [0.25, 0.3) is 0 Å². The molecule has 2 aromatic rings. The van der Waals surface area contributed by atoms with E-state index in [1.165, 1.54) is 36.4 Å². The number of hydrogen-bond donors (Lipinski definition) is 0. The minimum Gasteiger partial charge on any atom is -0.458 e. The Balaban J connectivity index is 3.04. The fraction of sp³-hybridized carbons (Fsp3) is 0.138. The van der Waals surface area contributed by atoms with E-state index >= 15 is 0 Å². The van der Waals surface area contributed by atoms with Crippen LogP contribution in [0.4, 0.5) is 0 Å². The van der Waals surface area contributed by atoms with Gasteiger partial charge in [-0.25, -0.2) is 19.2 Å². The maximum Gasteiger partial charge on any atom is 0.340 e. The minimum atomic E-state index is -1.21. The number of benzene rings is 2. The summed E-state index contributed by atoms with van der Waals surface area (Å²) in [6.07, 6.45) is 5.06. The van der Waals surface area contributed by atoms with Gasteiger partial charge in [0, 0.05) is 11.1 Å². The fourth-order valence-corrected chi connectivity index (χ4v) is 3.23. The Kier molecular flexibility index (Phi) is 11.1. The van der Waals surface area contributed by atoms with Crippen LogP contribution in [0, 0.1) is 0 Å². The Labute approximate surface area is 219 Å². The average Bonchev–Trinajstić information content (AvgIpc) is 2.94. The molecule has 0 aliphatic heterocycles. The fourth-order valence-electron chi connectivity index (χ4n) is 3.23. The maximum absolute atomic E-state index is 13.6. The molecular formula is C29H26O9. The van der Waals surface area contributed by atoms with Crippen LogP contribution in [0.1, 0.15) is 57.4 Å². The van der Waals surface area contributed by atoms with Gasteiger partial charge in [-0.1, -0.05) is 81.0 Å². The van der Waals surface area contributed by atoms with Crippen molar-refractivity contribution in [2.75, 3.05) is 26.4 Å². The maximum atomic E-state index is 13.6. The van der Waals surface area contributed by atoms with E-state index in [0.29, 0.717) is 0 Å². The first kappa shape index (κ1) is 29.2. The highest BCUT2D eigenvalue weighted by molar-refractivity contribution is 6.22. The van der Waals surface area contributed by atoms with E-state index in [4.69, 9.17) is 18.9 Å². The second-order valence-electron chi connectivity index (χ2n) is 7.34. The molecule has 0 saturated carbocycles. The predicted molar refractivity (Wildman–Crippen MR) is 138 cm³/mol. The molecule has 2 rings (SSSR count). The van der Waals surface area contributed by atoms with Crippen LogP contribution in [0.3, 0.4) is 0 Å². The zero-order valence-corrected chi connectivity index (χ0v) is 20.6. The number of rotatable bonds is 14. The molecule has 0 heterocycles. The first-order chi connectivity index (χ1) is 18.3. The summed E-state index contributed by atoms with van der Waals surface area (Å²) in [5.41, 5.74) is -2.73. The highest BCUT2D eigenvalue weighted by atomic mass is 16.5. The molecule has 0 radical (unpaired) electrons. The SMILES string of the molecule is C=CCOC(=O)c1cc(C(=O)c2ccccc2)c(C(=O)OCC=C)c(C(=O)OCC=C)c1C(=O)OCC=C. The van der Waals surface area contributed by atoms with Gasteiger partial charge in [0.05, 0.1) is 22.3 Å². The van der Waals surface area contributed by atoms with Crippen molar-refractivity contribution in [3.63, 3.8) is 0 Å². The Morgan fingerprint density at radius 1 is 0.553 bits per heavy atom. The molecule has 0 N–H and O–H groups in total. The lowest BCUT2D eigenvalue weighted by atomic mass is 9.87. The summed E-state index contributed by atoms with van der Waals surface area (Å²) in [5.74, 6) is -5.34. The second kappa shape index (κ2) is 14.5. The quantitative estimate of drug-likeness (QED) is 0.156. The second-order valence-corrected chi connectivity index (χ2v) is 7.34. The molecule has 9 heteroatoms. The summed E-state index contributed by atoms with van der Waals surface area (Å²) in [6.45, 7) is 12.7. The molecular weight excluding hydrogens is 492 g/mol. The van der Waals surface area contributed by atoms with Crippen molar-refractivity contribution in [2.24, 2.45) is 0 Å². The van der Waals surface area contributed by atoms with Crippen LogP contribution in [0.25, 0.3) is 0 Å². The van der Waals surface area contributed by atoms with E-state index in [1.807, 2.05) is 0 Å². The van der Waals surface area contributed by atoms with Crippen LogP contribution in [0.15, 0.2) is 87.0 Å². The van der Waals surface area contributed by atoms with Crippen LogP contribution in [0.2, 0.25) is 0 Å². The summed E-state index contributed by atoms with van der Waals surface area (Å²) in [6, 6.07) is 8.77. The molecule has 0 aliphatic carbocycles. The van der Waals surface area contributed by atoms with Gasteiger partial charge in [-0.2, -0.15) is 0 Å². The third-order valence-corrected chi connectivity index (χ3v) is 4.77. The van der Waals surface area contributed by atoms with Gasteiger partial charge in [-0.05, 0) is 6.07 Å². The van der Waals surface area contributed by atoms with Gasteiger partial charge in [-0.3, -0.25) is 4.79 Å². The summed E-state index contributed by atoms with van der Waals surface area (Å²) in [5, 5.41) is 0. The topological polar surface area (TPSA) is 122 Å². The summed E-state index contributed by atoms with van der Waals surface area (Å²) in [7, 11) is 0. The van der Waals surface area contributed by atoms with E-state index in [9.17, 15) is 24.0 Å². The summed E-state index contributed by atoms with van der Waals surface area (Å²) < 4.78 is 20.5. The average molecular weight is 519 g/mol. The number of ketones is 1. The van der Waals surface area contributed by atoms with Gasteiger partial charge in [0.2, 0.25) is 0 Å². The van der Waals surface area contributed by atoms with E-state index in [0.717, 1.165) is 6.07 Å². The molecule has 0 fully saturated rings. The highest BCUT2D eigenvalue weighted by Crippen LogP contribution is 2.29. The predicted octanol–water partition coefficient (Wildman–Crippen LogP) is 4.29. The standard InChI is InChI=1S/C29H26O9/c1-5-14-35-26(31)21-18-20(25(30)19-12-10-9-11-13-19)22(27(32)36-15-6-2)24(29(34)38-17-8-4)23(21)28(33)37-16-7-3/h5-13,18H,1-4,14-17H2. The van der Waals surface area contributed by atoms with Crippen molar-refractivity contribution in [3.8, 4) is 0 Å². The molecule has 0 aromatic heterocycles. The normalized spacial score (nSPS) is 9.89. The number of hydrogen-bond acceptors (Lipinski definition) is 9. The van der Waals surface area contributed by atoms with Gasteiger partial charge in [0.15, 0.2) is 5.78 Å². The van der Waals surface area contributed by atoms with Crippen LogP contribution in [-0.4, -0.2) is 56.1 Å². The molecule has 0 saturated heterocycles. The van der Waals surface area contributed by atoms with Crippen molar-refractivity contribution in [1.82, 2.24) is 0 Å². The van der Waals surface area contributed by atoms with Crippen LogP contribution < -0.4 is 0 Å². The first-order valence-electron chi connectivity index (χ1n) is 11.2.